The Labute approximate surface area is 111 Å². The monoisotopic (exact) mass is 288 g/mol. The van der Waals surface area contributed by atoms with Crippen molar-refractivity contribution in [3.05, 3.63) is 23.3 Å². The molecule has 102 valence electrons. The average Bonchev–Trinajstić information content (AvgIpc) is 2.95. The highest BCUT2D eigenvalue weighted by atomic mass is 32.1. The summed E-state index contributed by atoms with van der Waals surface area (Å²) in [5, 5.41) is 6.01. The van der Waals surface area contributed by atoms with Gasteiger partial charge in [0.2, 0.25) is 0 Å². The van der Waals surface area contributed by atoms with E-state index in [9.17, 15) is 13.2 Å². The predicted octanol–water partition coefficient (Wildman–Crippen LogP) is 2.59. The van der Waals surface area contributed by atoms with E-state index >= 15 is 0 Å². The van der Waals surface area contributed by atoms with Crippen LogP contribution in [0.3, 0.4) is 0 Å². The number of nitrogens with zero attached hydrogens (tertiary/aromatic N) is 3. The summed E-state index contributed by atoms with van der Waals surface area (Å²) in [5.74, 6) is -0.569. The maximum absolute atomic E-state index is 12.8. The Morgan fingerprint density at radius 1 is 1.42 bits per heavy atom. The van der Waals surface area contributed by atoms with E-state index in [0.717, 1.165) is 4.88 Å². The van der Waals surface area contributed by atoms with Gasteiger partial charge in [0.05, 0.1) is 23.4 Å². The van der Waals surface area contributed by atoms with Gasteiger partial charge in [-0.25, -0.2) is 9.67 Å². The molecule has 8 heteroatoms. The molecule has 2 aromatic rings. The summed E-state index contributed by atoms with van der Waals surface area (Å²) in [5.41, 5.74) is 5.78. The summed E-state index contributed by atoms with van der Waals surface area (Å²) < 4.78 is 39.6. The van der Waals surface area contributed by atoms with Gasteiger partial charge in [0.1, 0.15) is 5.82 Å². The van der Waals surface area contributed by atoms with Crippen LogP contribution in [0.2, 0.25) is 0 Å². The van der Waals surface area contributed by atoms with Crippen LogP contribution in [0.25, 0.3) is 10.7 Å². The molecule has 2 N–H and O–H groups in total. The Hall–Kier alpha value is -1.41. The van der Waals surface area contributed by atoms with Gasteiger partial charge >= 0.3 is 6.18 Å². The third kappa shape index (κ3) is 2.25. The number of fused-ring (bicyclic) bond motifs is 1. The molecule has 3 heterocycles. The summed E-state index contributed by atoms with van der Waals surface area (Å²) in [4.78, 5) is 5.09. The zero-order chi connectivity index (χ0) is 13.6. The van der Waals surface area contributed by atoms with Crippen LogP contribution < -0.4 is 5.73 Å². The molecule has 4 nitrogen and oxygen atoms in total. The van der Waals surface area contributed by atoms with Crippen LogP contribution in [-0.4, -0.2) is 20.9 Å². The number of hydrogen-bond acceptors (Lipinski definition) is 4. The number of alkyl halides is 3. The first kappa shape index (κ1) is 12.6. The molecule has 0 radical (unpaired) electrons. The maximum Gasteiger partial charge on any atom is 0.393 e. The van der Waals surface area contributed by atoms with Crippen LogP contribution in [0, 0.1) is 5.92 Å². The van der Waals surface area contributed by atoms with Gasteiger partial charge in [-0.15, -0.1) is 16.4 Å². The van der Waals surface area contributed by atoms with Crippen molar-refractivity contribution in [2.45, 2.75) is 25.2 Å². The van der Waals surface area contributed by atoms with Crippen LogP contribution in [0.15, 0.2) is 17.5 Å². The second-order valence-corrected chi connectivity index (χ2v) is 5.48. The largest absolute Gasteiger partial charge is 0.393 e. The Bertz CT molecular complexity index is 575. The molecule has 0 saturated carbocycles. The Morgan fingerprint density at radius 3 is 2.84 bits per heavy atom. The quantitative estimate of drug-likeness (QED) is 0.877. The fourth-order valence-corrected chi connectivity index (χ4v) is 2.86. The van der Waals surface area contributed by atoms with Gasteiger partial charge < -0.3 is 5.73 Å². The molecule has 2 unspecified atom stereocenters. The number of hydrogen-bond donors (Lipinski definition) is 1. The SMILES string of the molecule is NC1CC(C(F)(F)F)Cn2nc(-c3cccs3)nc21. The number of aromatic nitrogens is 3. The summed E-state index contributed by atoms with van der Waals surface area (Å²) in [6.07, 6.45) is -4.38. The maximum atomic E-state index is 12.8. The van der Waals surface area contributed by atoms with E-state index < -0.39 is 18.1 Å². The van der Waals surface area contributed by atoms with Gasteiger partial charge in [0.15, 0.2) is 5.82 Å². The van der Waals surface area contributed by atoms with E-state index in [1.807, 2.05) is 17.5 Å². The van der Waals surface area contributed by atoms with Crippen LogP contribution in [0.4, 0.5) is 13.2 Å². The first-order valence-corrected chi connectivity index (χ1v) is 6.64. The van der Waals surface area contributed by atoms with Crippen LogP contribution in [0.1, 0.15) is 18.3 Å². The molecule has 0 saturated heterocycles. The molecular weight excluding hydrogens is 277 g/mol. The lowest BCUT2D eigenvalue weighted by atomic mass is 9.96. The Morgan fingerprint density at radius 2 is 2.21 bits per heavy atom. The Balaban J connectivity index is 1.95. The van der Waals surface area contributed by atoms with E-state index in [2.05, 4.69) is 10.1 Å². The second-order valence-electron chi connectivity index (χ2n) is 4.53. The topological polar surface area (TPSA) is 56.7 Å². The molecule has 0 aliphatic carbocycles. The molecule has 1 aliphatic heterocycles. The third-order valence-electron chi connectivity index (χ3n) is 3.17. The first-order chi connectivity index (χ1) is 8.95. The molecule has 2 aromatic heterocycles. The van der Waals surface area contributed by atoms with Crippen molar-refractivity contribution in [2.24, 2.45) is 11.7 Å². The van der Waals surface area contributed by atoms with E-state index in [1.165, 1.54) is 16.0 Å². The van der Waals surface area contributed by atoms with Crippen molar-refractivity contribution in [3.8, 4) is 10.7 Å². The van der Waals surface area contributed by atoms with Crippen LogP contribution >= 0.6 is 11.3 Å². The molecule has 0 aromatic carbocycles. The predicted molar refractivity (Wildman–Crippen MR) is 64.4 cm³/mol. The molecule has 1 aliphatic rings. The zero-order valence-electron chi connectivity index (χ0n) is 9.76. The van der Waals surface area contributed by atoms with Gasteiger partial charge in [-0.3, -0.25) is 0 Å². The minimum absolute atomic E-state index is 0.133. The zero-order valence-corrected chi connectivity index (χ0v) is 10.6. The van der Waals surface area contributed by atoms with Crippen molar-refractivity contribution in [1.29, 1.82) is 0 Å². The fourth-order valence-electron chi connectivity index (χ4n) is 2.21. The van der Waals surface area contributed by atoms with Crippen LogP contribution in [0.5, 0.6) is 0 Å². The third-order valence-corrected chi connectivity index (χ3v) is 4.03. The standard InChI is InChI=1S/C11H11F3N4S/c12-11(13,14)6-4-7(15)10-16-9(17-18(10)5-6)8-2-1-3-19-8/h1-3,6-7H,4-5,15H2. The molecular formula is C11H11F3N4S. The second kappa shape index (κ2) is 4.31. The van der Waals surface area contributed by atoms with E-state index in [-0.39, 0.29) is 13.0 Å². The molecule has 2 atom stereocenters. The number of nitrogens with two attached hydrogens (primary N) is 1. The van der Waals surface area contributed by atoms with Gasteiger partial charge in [-0.1, -0.05) is 6.07 Å². The number of thiophene rings is 1. The van der Waals surface area contributed by atoms with Crippen molar-refractivity contribution >= 4 is 11.3 Å². The molecule has 19 heavy (non-hydrogen) atoms. The molecule has 0 bridgehead atoms. The van der Waals surface area contributed by atoms with E-state index in [1.54, 1.807) is 0 Å². The van der Waals surface area contributed by atoms with Crippen molar-refractivity contribution in [3.63, 3.8) is 0 Å². The average molecular weight is 288 g/mol. The molecule has 0 fully saturated rings. The highest BCUT2D eigenvalue weighted by Crippen LogP contribution is 2.37. The lowest BCUT2D eigenvalue weighted by molar-refractivity contribution is -0.184. The minimum atomic E-state index is -4.25. The molecule has 3 rings (SSSR count). The van der Waals surface area contributed by atoms with Crippen molar-refractivity contribution < 1.29 is 13.2 Å². The van der Waals surface area contributed by atoms with Gasteiger partial charge in [0, 0.05) is 0 Å². The van der Waals surface area contributed by atoms with Gasteiger partial charge in [-0.05, 0) is 17.9 Å². The summed E-state index contributed by atoms with van der Waals surface area (Å²) in [7, 11) is 0. The van der Waals surface area contributed by atoms with Crippen molar-refractivity contribution in [1.82, 2.24) is 14.8 Å². The molecule has 0 amide bonds. The number of rotatable bonds is 1. The lowest BCUT2D eigenvalue weighted by Gasteiger charge is -2.28. The van der Waals surface area contributed by atoms with E-state index in [0.29, 0.717) is 11.6 Å². The highest BCUT2D eigenvalue weighted by molar-refractivity contribution is 7.13. The highest BCUT2D eigenvalue weighted by Gasteiger charge is 2.44. The van der Waals surface area contributed by atoms with Crippen LogP contribution in [-0.2, 0) is 6.54 Å². The van der Waals surface area contributed by atoms with Gasteiger partial charge in [-0.2, -0.15) is 13.2 Å². The fraction of sp³-hybridized carbons (Fsp3) is 0.455. The summed E-state index contributed by atoms with van der Waals surface area (Å²) in [6, 6.07) is 2.96. The van der Waals surface area contributed by atoms with Crippen molar-refractivity contribution in [2.75, 3.05) is 0 Å². The lowest BCUT2D eigenvalue weighted by Crippen LogP contribution is -2.37. The van der Waals surface area contributed by atoms with E-state index in [4.69, 9.17) is 5.73 Å². The minimum Gasteiger partial charge on any atom is -0.321 e. The number of halogens is 3. The van der Waals surface area contributed by atoms with Gasteiger partial charge in [0.25, 0.3) is 0 Å². The normalized spacial score (nSPS) is 23.4. The summed E-state index contributed by atoms with van der Waals surface area (Å²) >= 11 is 1.45. The Kier molecular flexibility index (Phi) is 2.86. The summed E-state index contributed by atoms with van der Waals surface area (Å²) in [6.45, 7) is -0.203. The smallest absolute Gasteiger partial charge is 0.321 e. The first-order valence-electron chi connectivity index (χ1n) is 5.76. The molecule has 0 spiro atoms.